The lowest BCUT2D eigenvalue weighted by Crippen LogP contribution is -2.05. The number of anilines is 1. The van der Waals surface area contributed by atoms with Crippen molar-refractivity contribution < 1.29 is 14.3 Å². The van der Waals surface area contributed by atoms with Gasteiger partial charge < -0.3 is 15.2 Å². The van der Waals surface area contributed by atoms with Crippen molar-refractivity contribution in [3.05, 3.63) is 41.9 Å². The monoisotopic (exact) mass is 259 g/mol. The predicted molar refractivity (Wildman–Crippen MR) is 69.0 cm³/mol. The molecular formula is C13H13N3O3. The zero-order valence-corrected chi connectivity index (χ0v) is 10.6. The molecule has 0 saturated heterocycles. The SMILES string of the molecule is COC(=O)c1cncc(Oc2ccc(N)c(C)c2)n1. The van der Waals surface area contributed by atoms with Crippen LogP contribution in [0.3, 0.4) is 0 Å². The highest BCUT2D eigenvalue weighted by molar-refractivity contribution is 5.86. The van der Waals surface area contributed by atoms with Crippen LogP contribution in [0.4, 0.5) is 5.69 Å². The molecule has 0 amide bonds. The Labute approximate surface area is 110 Å². The molecule has 0 fully saturated rings. The van der Waals surface area contributed by atoms with E-state index < -0.39 is 5.97 Å². The van der Waals surface area contributed by atoms with Crippen molar-refractivity contribution in [2.45, 2.75) is 6.92 Å². The largest absolute Gasteiger partial charge is 0.464 e. The number of hydrogen-bond acceptors (Lipinski definition) is 6. The summed E-state index contributed by atoms with van der Waals surface area (Å²) >= 11 is 0. The summed E-state index contributed by atoms with van der Waals surface area (Å²) in [4.78, 5) is 19.2. The number of nitrogen functional groups attached to an aromatic ring is 1. The second-order valence-electron chi connectivity index (χ2n) is 3.85. The first-order valence-electron chi connectivity index (χ1n) is 5.54. The van der Waals surface area contributed by atoms with E-state index in [0.717, 1.165) is 5.56 Å². The van der Waals surface area contributed by atoms with Crippen molar-refractivity contribution >= 4 is 11.7 Å². The van der Waals surface area contributed by atoms with Crippen LogP contribution in [-0.4, -0.2) is 23.0 Å². The maximum absolute atomic E-state index is 11.3. The lowest BCUT2D eigenvalue weighted by atomic mass is 10.2. The van der Waals surface area contributed by atoms with E-state index >= 15 is 0 Å². The van der Waals surface area contributed by atoms with Crippen molar-refractivity contribution in [2.75, 3.05) is 12.8 Å². The van der Waals surface area contributed by atoms with Crippen molar-refractivity contribution in [1.29, 1.82) is 0 Å². The number of nitrogens with two attached hydrogens (primary N) is 1. The highest BCUT2D eigenvalue weighted by Crippen LogP contribution is 2.23. The molecule has 19 heavy (non-hydrogen) atoms. The quantitative estimate of drug-likeness (QED) is 0.669. The Bertz CT molecular complexity index is 614. The minimum absolute atomic E-state index is 0.0900. The van der Waals surface area contributed by atoms with Gasteiger partial charge in [0.1, 0.15) is 5.75 Å². The Morgan fingerprint density at radius 3 is 2.79 bits per heavy atom. The Hall–Kier alpha value is -2.63. The molecule has 6 nitrogen and oxygen atoms in total. The average molecular weight is 259 g/mol. The summed E-state index contributed by atoms with van der Waals surface area (Å²) in [6.07, 6.45) is 2.73. The smallest absolute Gasteiger partial charge is 0.358 e. The van der Waals surface area contributed by atoms with Gasteiger partial charge in [-0.25, -0.2) is 9.78 Å². The second-order valence-corrected chi connectivity index (χ2v) is 3.85. The van der Waals surface area contributed by atoms with E-state index in [4.69, 9.17) is 10.5 Å². The molecule has 6 heteroatoms. The lowest BCUT2D eigenvalue weighted by Gasteiger charge is -2.07. The van der Waals surface area contributed by atoms with Crippen LogP contribution in [0.25, 0.3) is 0 Å². The van der Waals surface area contributed by atoms with Gasteiger partial charge in [-0.3, -0.25) is 4.98 Å². The summed E-state index contributed by atoms with van der Waals surface area (Å²) < 4.78 is 10.1. The fraction of sp³-hybridized carbons (Fsp3) is 0.154. The number of aryl methyl sites for hydroxylation is 1. The van der Waals surface area contributed by atoms with Gasteiger partial charge in [0, 0.05) is 5.69 Å². The molecule has 2 aromatic rings. The summed E-state index contributed by atoms with van der Waals surface area (Å²) in [5, 5.41) is 0. The van der Waals surface area contributed by atoms with Gasteiger partial charge in [-0.05, 0) is 30.7 Å². The number of ether oxygens (including phenoxy) is 2. The zero-order chi connectivity index (χ0) is 13.8. The molecule has 0 bridgehead atoms. The maximum atomic E-state index is 11.3. The first-order chi connectivity index (χ1) is 9.10. The molecule has 0 aliphatic carbocycles. The summed E-state index contributed by atoms with van der Waals surface area (Å²) in [6.45, 7) is 1.87. The van der Waals surface area contributed by atoms with Gasteiger partial charge >= 0.3 is 5.97 Å². The summed E-state index contributed by atoms with van der Waals surface area (Å²) in [5.41, 5.74) is 7.39. The van der Waals surface area contributed by atoms with Gasteiger partial charge in [0.05, 0.1) is 19.5 Å². The minimum atomic E-state index is -0.563. The summed E-state index contributed by atoms with van der Waals surface area (Å²) in [7, 11) is 1.28. The van der Waals surface area contributed by atoms with Gasteiger partial charge in [0.15, 0.2) is 5.69 Å². The van der Waals surface area contributed by atoms with Gasteiger partial charge in [0.2, 0.25) is 5.88 Å². The molecule has 1 aromatic carbocycles. The number of methoxy groups -OCH3 is 1. The van der Waals surface area contributed by atoms with Crippen molar-refractivity contribution in [2.24, 2.45) is 0 Å². The standard InChI is InChI=1S/C13H13N3O3/c1-8-5-9(3-4-10(8)14)19-12-7-15-6-11(16-12)13(17)18-2/h3-7H,14H2,1-2H3. The molecule has 0 aliphatic rings. The van der Waals surface area contributed by atoms with Gasteiger partial charge in [-0.1, -0.05) is 0 Å². The average Bonchev–Trinajstić information content (AvgIpc) is 2.42. The number of hydrogen-bond donors (Lipinski definition) is 1. The van der Waals surface area contributed by atoms with E-state index in [9.17, 15) is 4.79 Å². The summed E-state index contributed by atoms with van der Waals surface area (Å²) in [6, 6.07) is 5.24. The first kappa shape index (κ1) is 12.8. The molecule has 0 unspecified atom stereocenters. The lowest BCUT2D eigenvalue weighted by molar-refractivity contribution is 0.0592. The topological polar surface area (TPSA) is 87.3 Å². The van der Waals surface area contributed by atoms with Crippen LogP contribution in [0.1, 0.15) is 16.1 Å². The van der Waals surface area contributed by atoms with E-state index in [0.29, 0.717) is 11.4 Å². The fourth-order valence-electron chi connectivity index (χ4n) is 1.43. The molecule has 2 rings (SSSR count). The van der Waals surface area contributed by atoms with Crippen molar-refractivity contribution in [3.63, 3.8) is 0 Å². The van der Waals surface area contributed by atoms with Crippen LogP contribution < -0.4 is 10.5 Å². The summed E-state index contributed by atoms with van der Waals surface area (Å²) in [5.74, 6) is 0.224. The normalized spacial score (nSPS) is 10.0. The van der Waals surface area contributed by atoms with Crippen molar-refractivity contribution in [3.8, 4) is 11.6 Å². The zero-order valence-electron chi connectivity index (χ0n) is 10.6. The highest BCUT2D eigenvalue weighted by Gasteiger charge is 2.09. The molecule has 2 N–H and O–H groups in total. The van der Waals surface area contributed by atoms with Crippen molar-refractivity contribution in [1.82, 2.24) is 9.97 Å². The fourth-order valence-corrected chi connectivity index (χ4v) is 1.43. The number of carbonyl (C=O) groups excluding carboxylic acids is 1. The predicted octanol–water partition coefficient (Wildman–Crippen LogP) is 1.95. The first-order valence-corrected chi connectivity index (χ1v) is 5.54. The van der Waals surface area contributed by atoms with E-state index in [1.54, 1.807) is 18.2 Å². The van der Waals surface area contributed by atoms with Crippen LogP contribution in [0.15, 0.2) is 30.6 Å². The van der Waals surface area contributed by atoms with Crippen LogP contribution in [0.2, 0.25) is 0 Å². The van der Waals surface area contributed by atoms with E-state index in [-0.39, 0.29) is 11.6 Å². The number of esters is 1. The highest BCUT2D eigenvalue weighted by atomic mass is 16.5. The van der Waals surface area contributed by atoms with Crippen LogP contribution >= 0.6 is 0 Å². The van der Waals surface area contributed by atoms with Crippen LogP contribution in [0.5, 0.6) is 11.6 Å². The minimum Gasteiger partial charge on any atom is -0.464 e. The molecule has 0 spiro atoms. The molecule has 0 saturated carbocycles. The van der Waals surface area contributed by atoms with E-state index in [2.05, 4.69) is 14.7 Å². The maximum Gasteiger partial charge on any atom is 0.358 e. The molecule has 1 heterocycles. The molecule has 98 valence electrons. The Balaban J connectivity index is 2.23. The third kappa shape index (κ3) is 2.98. The molecule has 0 atom stereocenters. The molecule has 0 radical (unpaired) electrons. The Kier molecular flexibility index (Phi) is 3.61. The number of benzene rings is 1. The van der Waals surface area contributed by atoms with Gasteiger partial charge in [-0.15, -0.1) is 0 Å². The van der Waals surface area contributed by atoms with Crippen LogP contribution in [0, 0.1) is 6.92 Å². The third-order valence-electron chi connectivity index (χ3n) is 2.47. The third-order valence-corrected chi connectivity index (χ3v) is 2.47. The number of aromatic nitrogens is 2. The molecular weight excluding hydrogens is 246 g/mol. The second kappa shape index (κ2) is 5.34. The Morgan fingerprint density at radius 2 is 2.11 bits per heavy atom. The van der Waals surface area contributed by atoms with Gasteiger partial charge in [-0.2, -0.15) is 0 Å². The molecule has 1 aromatic heterocycles. The van der Waals surface area contributed by atoms with E-state index in [1.165, 1.54) is 19.5 Å². The number of carbonyl (C=O) groups is 1. The van der Waals surface area contributed by atoms with E-state index in [1.807, 2.05) is 6.92 Å². The van der Waals surface area contributed by atoms with Crippen LogP contribution in [-0.2, 0) is 4.74 Å². The Morgan fingerprint density at radius 1 is 1.32 bits per heavy atom. The molecule has 0 aliphatic heterocycles. The number of nitrogens with zero attached hydrogens (tertiary/aromatic N) is 2. The van der Waals surface area contributed by atoms with Gasteiger partial charge in [0.25, 0.3) is 0 Å². The number of rotatable bonds is 3.